The van der Waals surface area contributed by atoms with E-state index in [1.165, 1.54) is 5.56 Å². The Labute approximate surface area is 210 Å². The molecule has 3 aromatic carbocycles. The molecule has 1 heterocycles. The average Bonchev–Trinajstić information content (AvgIpc) is 2.80. The van der Waals surface area contributed by atoms with Gasteiger partial charge in [-0.1, -0.05) is 56.3 Å². The summed E-state index contributed by atoms with van der Waals surface area (Å²) < 4.78 is 12.5. The Morgan fingerprint density at radius 1 is 0.758 bits per heavy atom. The van der Waals surface area contributed by atoms with E-state index in [9.17, 15) is 0 Å². The fourth-order valence-electron chi connectivity index (χ4n) is 4.06. The maximum absolute atomic E-state index is 6.31. The molecule has 4 nitrogen and oxygen atoms in total. The zero-order chi connectivity index (χ0) is 21.5. The molecule has 33 heavy (non-hydrogen) atoms. The van der Waals surface area contributed by atoms with Gasteiger partial charge >= 0.3 is 0 Å². The van der Waals surface area contributed by atoms with E-state index in [0.29, 0.717) is 12.0 Å². The molecular weight excluding hydrogens is 455 g/mol. The van der Waals surface area contributed by atoms with Gasteiger partial charge in [0.1, 0.15) is 11.5 Å². The van der Waals surface area contributed by atoms with Crippen LogP contribution in [0.25, 0.3) is 0 Å². The number of hydrogen-bond acceptors (Lipinski definition) is 4. The molecule has 6 heteroatoms. The van der Waals surface area contributed by atoms with Crippen molar-refractivity contribution in [3.05, 3.63) is 84.4 Å². The van der Waals surface area contributed by atoms with E-state index >= 15 is 0 Å². The molecule has 0 spiro atoms. The van der Waals surface area contributed by atoms with Crippen LogP contribution >= 0.6 is 24.8 Å². The van der Waals surface area contributed by atoms with E-state index < -0.39 is 0 Å². The summed E-state index contributed by atoms with van der Waals surface area (Å²) in [6.45, 7) is 8.80. The predicted molar refractivity (Wildman–Crippen MR) is 141 cm³/mol. The maximum Gasteiger partial charge on any atom is 0.170 e. The minimum atomic E-state index is 0. The normalized spacial score (nSPS) is 14.6. The molecule has 0 amide bonds. The first-order chi connectivity index (χ1) is 15.2. The molecule has 1 saturated heterocycles. The molecule has 0 bridgehead atoms. The SMILES string of the molecule is CC(C)C[C@@H](c1ccc(Oc2ccccc2)c(Oc2ccccc2)c1)N1CCNCC1.Cl.Cl. The van der Waals surface area contributed by atoms with Gasteiger partial charge in [-0.15, -0.1) is 24.8 Å². The van der Waals surface area contributed by atoms with Crippen LogP contribution in [0.1, 0.15) is 31.9 Å². The number of benzene rings is 3. The van der Waals surface area contributed by atoms with Crippen LogP contribution in [0.4, 0.5) is 0 Å². The highest BCUT2D eigenvalue weighted by Crippen LogP contribution is 2.39. The van der Waals surface area contributed by atoms with Crippen molar-refractivity contribution in [1.82, 2.24) is 10.2 Å². The fourth-order valence-corrected chi connectivity index (χ4v) is 4.06. The number of nitrogens with zero attached hydrogens (tertiary/aromatic N) is 1. The van der Waals surface area contributed by atoms with E-state index in [0.717, 1.165) is 55.6 Å². The van der Waals surface area contributed by atoms with Crippen LogP contribution in [0, 0.1) is 5.92 Å². The lowest BCUT2D eigenvalue weighted by atomic mass is 9.94. The number of nitrogens with one attached hydrogen (secondary N) is 1. The highest BCUT2D eigenvalue weighted by atomic mass is 35.5. The van der Waals surface area contributed by atoms with Crippen LogP contribution < -0.4 is 14.8 Å². The zero-order valence-corrected chi connectivity index (χ0v) is 20.9. The van der Waals surface area contributed by atoms with Crippen LogP contribution in [-0.4, -0.2) is 31.1 Å². The van der Waals surface area contributed by atoms with Crippen LogP contribution in [-0.2, 0) is 0 Å². The lowest BCUT2D eigenvalue weighted by Crippen LogP contribution is -2.45. The molecule has 0 aromatic heterocycles. The van der Waals surface area contributed by atoms with Gasteiger partial charge in [0.05, 0.1) is 0 Å². The summed E-state index contributed by atoms with van der Waals surface area (Å²) in [6.07, 6.45) is 1.11. The van der Waals surface area contributed by atoms with Crippen molar-refractivity contribution in [1.29, 1.82) is 0 Å². The van der Waals surface area contributed by atoms with Crippen molar-refractivity contribution in [2.45, 2.75) is 26.3 Å². The first kappa shape index (κ1) is 27.0. The van der Waals surface area contributed by atoms with Crippen LogP contribution in [0.5, 0.6) is 23.0 Å². The second-order valence-electron chi connectivity index (χ2n) is 8.47. The molecular formula is C27H34Cl2N2O2. The smallest absolute Gasteiger partial charge is 0.170 e. The monoisotopic (exact) mass is 488 g/mol. The topological polar surface area (TPSA) is 33.7 Å². The van der Waals surface area contributed by atoms with Gasteiger partial charge in [-0.25, -0.2) is 0 Å². The molecule has 178 valence electrons. The third-order valence-electron chi connectivity index (χ3n) is 5.58. The van der Waals surface area contributed by atoms with Crippen molar-refractivity contribution in [3.63, 3.8) is 0 Å². The lowest BCUT2D eigenvalue weighted by Gasteiger charge is -2.36. The Bertz CT molecular complexity index is 949. The Balaban J connectivity index is 0.00000193. The van der Waals surface area contributed by atoms with Gasteiger partial charge in [0, 0.05) is 32.2 Å². The van der Waals surface area contributed by atoms with Crippen molar-refractivity contribution < 1.29 is 9.47 Å². The Morgan fingerprint density at radius 2 is 1.30 bits per heavy atom. The summed E-state index contributed by atoms with van der Waals surface area (Å²) in [5, 5.41) is 3.47. The highest BCUT2D eigenvalue weighted by molar-refractivity contribution is 5.85. The fraction of sp³-hybridized carbons (Fsp3) is 0.333. The van der Waals surface area contributed by atoms with Crippen molar-refractivity contribution in [2.24, 2.45) is 5.92 Å². The Morgan fingerprint density at radius 3 is 1.85 bits per heavy atom. The maximum atomic E-state index is 6.31. The third kappa shape index (κ3) is 7.65. The molecule has 0 aliphatic carbocycles. The highest BCUT2D eigenvalue weighted by Gasteiger charge is 2.24. The molecule has 1 N–H and O–H groups in total. The molecule has 1 fully saturated rings. The van der Waals surface area contributed by atoms with E-state index in [4.69, 9.17) is 9.47 Å². The minimum Gasteiger partial charge on any atom is -0.453 e. The first-order valence-corrected chi connectivity index (χ1v) is 11.2. The molecule has 0 radical (unpaired) electrons. The predicted octanol–water partition coefficient (Wildman–Crippen LogP) is 7.11. The van der Waals surface area contributed by atoms with Crippen molar-refractivity contribution in [2.75, 3.05) is 26.2 Å². The van der Waals surface area contributed by atoms with Crippen LogP contribution in [0.2, 0.25) is 0 Å². The number of hydrogen-bond donors (Lipinski definition) is 1. The van der Waals surface area contributed by atoms with Gasteiger partial charge in [-0.05, 0) is 54.3 Å². The summed E-state index contributed by atoms with van der Waals surface area (Å²) >= 11 is 0. The van der Waals surface area contributed by atoms with E-state index in [2.05, 4.69) is 42.3 Å². The van der Waals surface area contributed by atoms with Crippen LogP contribution in [0.3, 0.4) is 0 Å². The quantitative estimate of drug-likeness (QED) is 0.366. The summed E-state index contributed by atoms with van der Waals surface area (Å²) in [5.41, 5.74) is 1.28. The van der Waals surface area contributed by atoms with Crippen molar-refractivity contribution in [3.8, 4) is 23.0 Å². The standard InChI is InChI=1S/C27H32N2O2.2ClH/c1-21(2)19-25(29-17-15-28-16-18-29)22-13-14-26(30-23-9-5-3-6-10-23)27(20-22)31-24-11-7-4-8-12-24;;/h3-14,20-21,25,28H,15-19H2,1-2H3;2*1H/t25-;;/m0../s1. The van der Waals surface area contributed by atoms with E-state index in [-0.39, 0.29) is 24.8 Å². The van der Waals surface area contributed by atoms with Gasteiger partial charge in [0.15, 0.2) is 11.5 Å². The second kappa shape index (κ2) is 13.5. The van der Waals surface area contributed by atoms with E-state index in [1.54, 1.807) is 0 Å². The summed E-state index contributed by atoms with van der Waals surface area (Å²) in [4.78, 5) is 2.59. The average molecular weight is 489 g/mol. The zero-order valence-electron chi connectivity index (χ0n) is 19.3. The number of rotatable bonds is 8. The number of halogens is 2. The Kier molecular flexibility index (Phi) is 11.0. The van der Waals surface area contributed by atoms with Gasteiger partial charge < -0.3 is 14.8 Å². The first-order valence-electron chi connectivity index (χ1n) is 11.2. The summed E-state index contributed by atoms with van der Waals surface area (Å²) in [5.74, 6) is 3.69. The van der Waals surface area contributed by atoms with E-state index in [1.807, 2.05) is 60.7 Å². The minimum absolute atomic E-state index is 0. The lowest BCUT2D eigenvalue weighted by molar-refractivity contribution is 0.154. The number of piperazine rings is 1. The summed E-state index contributed by atoms with van der Waals surface area (Å²) in [6, 6.07) is 26.6. The van der Waals surface area contributed by atoms with Gasteiger partial charge in [-0.2, -0.15) is 0 Å². The molecule has 1 atom stereocenters. The van der Waals surface area contributed by atoms with Gasteiger partial charge in [0.25, 0.3) is 0 Å². The molecule has 3 aromatic rings. The third-order valence-corrected chi connectivity index (χ3v) is 5.58. The summed E-state index contributed by atoms with van der Waals surface area (Å²) in [7, 11) is 0. The Hall–Kier alpha value is -2.24. The van der Waals surface area contributed by atoms with Crippen molar-refractivity contribution >= 4 is 24.8 Å². The number of ether oxygens (including phenoxy) is 2. The largest absolute Gasteiger partial charge is 0.453 e. The molecule has 0 unspecified atom stereocenters. The molecule has 1 aliphatic rings. The molecule has 1 aliphatic heterocycles. The van der Waals surface area contributed by atoms with Gasteiger partial charge in [0.2, 0.25) is 0 Å². The second-order valence-corrected chi connectivity index (χ2v) is 8.47. The van der Waals surface area contributed by atoms with Crippen LogP contribution in [0.15, 0.2) is 78.9 Å². The molecule has 4 rings (SSSR count). The number of para-hydroxylation sites is 2. The molecule has 0 saturated carbocycles. The van der Waals surface area contributed by atoms with Gasteiger partial charge in [-0.3, -0.25) is 4.90 Å².